The molecule has 0 saturated heterocycles. The van der Waals surface area contributed by atoms with Crippen LogP contribution in [0.1, 0.15) is 12.0 Å². The SMILES string of the molecule is NC(=O)Nc1ccc(C#CCCO)c(F)c1. The number of halogens is 1. The number of aliphatic hydroxyl groups excluding tert-OH is 1. The van der Waals surface area contributed by atoms with Crippen LogP contribution in [0.5, 0.6) is 0 Å². The molecule has 0 spiro atoms. The highest BCUT2D eigenvalue weighted by Gasteiger charge is 2.02. The molecule has 0 unspecified atom stereocenters. The number of anilines is 1. The number of carbonyl (C=O) groups excluding carboxylic acids is 1. The smallest absolute Gasteiger partial charge is 0.316 e. The highest BCUT2D eigenvalue weighted by Crippen LogP contribution is 2.13. The largest absolute Gasteiger partial charge is 0.395 e. The average molecular weight is 222 g/mol. The minimum atomic E-state index is -0.751. The van der Waals surface area contributed by atoms with E-state index in [2.05, 4.69) is 17.2 Å². The maximum atomic E-state index is 13.4. The van der Waals surface area contributed by atoms with Crippen molar-refractivity contribution in [3.05, 3.63) is 29.6 Å². The van der Waals surface area contributed by atoms with E-state index < -0.39 is 11.8 Å². The van der Waals surface area contributed by atoms with Gasteiger partial charge in [0, 0.05) is 12.1 Å². The van der Waals surface area contributed by atoms with Gasteiger partial charge in [-0.15, -0.1) is 0 Å². The number of hydrogen-bond donors (Lipinski definition) is 3. The normalized spacial score (nSPS) is 9.12. The molecule has 0 aliphatic carbocycles. The molecule has 0 saturated carbocycles. The highest BCUT2D eigenvalue weighted by atomic mass is 19.1. The summed E-state index contributed by atoms with van der Waals surface area (Å²) in [7, 11) is 0. The number of nitrogens with two attached hydrogens (primary N) is 1. The Labute approximate surface area is 92.3 Å². The number of urea groups is 1. The van der Waals surface area contributed by atoms with Crippen molar-refractivity contribution in [2.24, 2.45) is 5.73 Å². The second kappa shape index (κ2) is 5.73. The second-order valence-corrected chi connectivity index (χ2v) is 2.96. The molecule has 0 aliphatic rings. The molecule has 0 fully saturated rings. The molecule has 0 radical (unpaired) electrons. The van der Waals surface area contributed by atoms with Crippen LogP contribution in [0.3, 0.4) is 0 Å². The zero-order valence-electron chi connectivity index (χ0n) is 8.46. The first kappa shape index (κ1) is 12.0. The predicted molar refractivity (Wildman–Crippen MR) is 58.2 cm³/mol. The average Bonchev–Trinajstić information content (AvgIpc) is 2.20. The van der Waals surface area contributed by atoms with E-state index in [9.17, 15) is 9.18 Å². The van der Waals surface area contributed by atoms with E-state index in [1.807, 2.05) is 0 Å². The van der Waals surface area contributed by atoms with E-state index in [1.54, 1.807) is 0 Å². The van der Waals surface area contributed by atoms with Crippen LogP contribution in [0.4, 0.5) is 14.9 Å². The van der Waals surface area contributed by atoms with Crippen LogP contribution in [-0.2, 0) is 0 Å². The van der Waals surface area contributed by atoms with Crippen molar-refractivity contribution in [3.63, 3.8) is 0 Å². The third kappa shape index (κ3) is 3.59. The van der Waals surface area contributed by atoms with E-state index in [4.69, 9.17) is 10.8 Å². The monoisotopic (exact) mass is 222 g/mol. The van der Waals surface area contributed by atoms with Gasteiger partial charge in [-0.1, -0.05) is 11.8 Å². The molecule has 84 valence electrons. The summed E-state index contributed by atoms with van der Waals surface area (Å²) in [6, 6.07) is 3.31. The molecular formula is C11H11FN2O2. The maximum Gasteiger partial charge on any atom is 0.316 e. The van der Waals surface area contributed by atoms with Gasteiger partial charge < -0.3 is 16.2 Å². The zero-order valence-corrected chi connectivity index (χ0v) is 8.46. The minimum Gasteiger partial charge on any atom is -0.395 e. The highest BCUT2D eigenvalue weighted by molar-refractivity contribution is 5.87. The molecule has 4 N–H and O–H groups in total. The molecule has 4 nitrogen and oxygen atoms in total. The Kier molecular flexibility index (Phi) is 4.30. The first-order chi connectivity index (χ1) is 7.63. The van der Waals surface area contributed by atoms with Crippen molar-refractivity contribution >= 4 is 11.7 Å². The fourth-order valence-corrected chi connectivity index (χ4v) is 1.05. The lowest BCUT2D eigenvalue weighted by Gasteiger charge is -2.02. The molecule has 1 aromatic carbocycles. The quantitative estimate of drug-likeness (QED) is 0.654. The summed E-state index contributed by atoms with van der Waals surface area (Å²) in [6.45, 7) is -0.0596. The first-order valence-electron chi connectivity index (χ1n) is 4.59. The van der Waals surface area contributed by atoms with E-state index in [1.165, 1.54) is 12.1 Å². The van der Waals surface area contributed by atoms with Gasteiger partial charge in [0.25, 0.3) is 0 Å². The van der Waals surface area contributed by atoms with Crippen LogP contribution in [0.2, 0.25) is 0 Å². The summed E-state index contributed by atoms with van der Waals surface area (Å²) < 4.78 is 13.4. The van der Waals surface area contributed by atoms with Gasteiger partial charge in [-0.05, 0) is 18.2 Å². The number of amides is 2. The molecule has 0 aliphatic heterocycles. The minimum absolute atomic E-state index is 0.0596. The van der Waals surface area contributed by atoms with Crippen LogP contribution >= 0.6 is 0 Å². The predicted octanol–water partition coefficient (Wildman–Crippen LogP) is 1.05. The van der Waals surface area contributed by atoms with Gasteiger partial charge in [0.1, 0.15) is 5.82 Å². The Morgan fingerprint density at radius 3 is 2.88 bits per heavy atom. The third-order valence-electron chi connectivity index (χ3n) is 1.70. The molecule has 0 heterocycles. The standard InChI is InChI=1S/C11H11FN2O2/c12-10-7-9(14-11(13)16)5-4-8(10)3-1-2-6-15/h4-5,7,15H,2,6H2,(H3,13,14,16). The fraction of sp³-hybridized carbons (Fsp3) is 0.182. The third-order valence-corrected chi connectivity index (χ3v) is 1.70. The summed E-state index contributed by atoms with van der Waals surface area (Å²) in [5.41, 5.74) is 5.37. The topological polar surface area (TPSA) is 75.4 Å². The summed E-state index contributed by atoms with van der Waals surface area (Å²) >= 11 is 0. The van der Waals surface area contributed by atoms with Crippen LogP contribution in [0.25, 0.3) is 0 Å². The van der Waals surface area contributed by atoms with E-state index in [-0.39, 0.29) is 17.9 Å². The summed E-state index contributed by atoms with van der Waals surface area (Å²) in [5, 5.41) is 10.7. The van der Waals surface area contributed by atoms with Crippen molar-refractivity contribution in [2.45, 2.75) is 6.42 Å². The molecule has 16 heavy (non-hydrogen) atoms. The van der Waals surface area contributed by atoms with Crippen molar-refractivity contribution in [1.29, 1.82) is 0 Å². The first-order valence-corrected chi connectivity index (χ1v) is 4.59. The van der Waals surface area contributed by atoms with Gasteiger partial charge in [-0.3, -0.25) is 0 Å². The van der Waals surface area contributed by atoms with Crippen molar-refractivity contribution in [3.8, 4) is 11.8 Å². The number of hydrogen-bond acceptors (Lipinski definition) is 2. The van der Waals surface area contributed by atoms with Gasteiger partial charge in [-0.2, -0.15) is 0 Å². The Morgan fingerprint density at radius 2 is 2.31 bits per heavy atom. The lowest BCUT2D eigenvalue weighted by atomic mass is 10.2. The number of carbonyl (C=O) groups is 1. The molecular weight excluding hydrogens is 211 g/mol. The van der Waals surface area contributed by atoms with Crippen LogP contribution < -0.4 is 11.1 Å². The Morgan fingerprint density at radius 1 is 1.56 bits per heavy atom. The molecule has 1 rings (SSSR count). The summed E-state index contributed by atoms with van der Waals surface area (Å²) in [6.07, 6.45) is 0.292. The summed E-state index contributed by atoms with van der Waals surface area (Å²) in [5.74, 6) is 4.62. The van der Waals surface area contributed by atoms with Crippen molar-refractivity contribution in [2.75, 3.05) is 11.9 Å². The van der Waals surface area contributed by atoms with Gasteiger partial charge in [0.15, 0.2) is 0 Å². The maximum absolute atomic E-state index is 13.4. The number of nitrogens with one attached hydrogen (secondary N) is 1. The molecule has 1 aromatic rings. The van der Waals surface area contributed by atoms with Gasteiger partial charge in [0.2, 0.25) is 0 Å². The Balaban J connectivity index is 2.84. The number of aliphatic hydroxyl groups is 1. The fourth-order valence-electron chi connectivity index (χ4n) is 1.05. The number of benzene rings is 1. The summed E-state index contributed by atoms with van der Waals surface area (Å²) in [4.78, 5) is 10.5. The van der Waals surface area contributed by atoms with Gasteiger partial charge in [0.05, 0.1) is 12.2 Å². The molecule has 0 bridgehead atoms. The van der Waals surface area contributed by atoms with E-state index in [0.717, 1.165) is 6.07 Å². The number of primary amides is 1. The molecule has 0 atom stereocenters. The van der Waals surface area contributed by atoms with Crippen molar-refractivity contribution < 1.29 is 14.3 Å². The molecule has 5 heteroatoms. The molecule has 2 amide bonds. The van der Waals surface area contributed by atoms with Crippen LogP contribution in [0, 0.1) is 17.7 Å². The Bertz CT molecular complexity index is 449. The van der Waals surface area contributed by atoms with Crippen LogP contribution in [-0.4, -0.2) is 17.7 Å². The van der Waals surface area contributed by atoms with Gasteiger partial charge in [-0.25, -0.2) is 9.18 Å². The van der Waals surface area contributed by atoms with Crippen LogP contribution in [0.15, 0.2) is 18.2 Å². The van der Waals surface area contributed by atoms with Crippen molar-refractivity contribution in [1.82, 2.24) is 0 Å². The lowest BCUT2D eigenvalue weighted by molar-refractivity contribution is 0.259. The molecule has 0 aromatic heterocycles. The second-order valence-electron chi connectivity index (χ2n) is 2.96. The Hall–Kier alpha value is -2.06. The van der Waals surface area contributed by atoms with E-state index >= 15 is 0 Å². The van der Waals surface area contributed by atoms with E-state index in [0.29, 0.717) is 6.42 Å². The zero-order chi connectivity index (χ0) is 12.0. The lowest BCUT2D eigenvalue weighted by Crippen LogP contribution is -2.19. The van der Waals surface area contributed by atoms with Gasteiger partial charge >= 0.3 is 6.03 Å². The number of rotatable bonds is 2.